The Morgan fingerprint density at radius 1 is 0.933 bits per heavy atom. The van der Waals surface area contributed by atoms with Gasteiger partial charge in [-0.25, -0.2) is 0 Å². The molecule has 0 atom stereocenters. The minimum Gasteiger partial charge on any atom is -0.456 e. The van der Waals surface area contributed by atoms with E-state index in [1.54, 1.807) is 0 Å². The van der Waals surface area contributed by atoms with Crippen LogP contribution in [0.25, 0.3) is 0 Å². The van der Waals surface area contributed by atoms with Crippen LogP contribution >= 0.6 is 0 Å². The Kier molecular flexibility index (Phi) is 1.22. The second-order valence-corrected chi connectivity index (χ2v) is 4.25. The van der Waals surface area contributed by atoms with E-state index in [1.807, 2.05) is 6.07 Å². The van der Waals surface area contributed by atoms with Crippen LogP contribution in [-0.4, -0.2) is 0 Å². The molecule has 0 amide bonds. The Balaban J connectivity index is 1.89. The van der Waals surface area contributed by atoms with Crippen LogP contribution in [0.4, 0.5) is 0 Å². The summed E-state index contributed by atoms with van der Waals surface area (Å²) in [6.45, 7) is 0. The third-order valence-corrected chi connectivity index (χ3v) is 3.37. The van der Waals surface area contributed by atoms with Crippen LogP contribution in [0.5, 0.6) is 5.75 Å². The van der Waals surface area contributed by atoms with Crippen LogP contribution in [-0.2, 0) is 6.42 Å². The van der Waals surface area contributed by atoms with Gasteiger partial charge < -0.3 is 4.74 Å². The van der Waals surface area contributed by atoms with Crippen LogP contribution in [0.3, 0.4) is 0 Å². The van der Waals surface area contributed by atoms with Crippen molar-refractivity contribution in [3.63, 3.8) is 0 Å². The van der Waals surface area contributed by atoms with Crippen molar-refractivity contribution in [3.05, 3.63) is 64.5 Å². The van der Waals surface area contributed by atoms with Crippen molar-refractivity contribution in [1.82, 2.24) is 0 Å². The van der Waals surface area contributed by atoms with Crippen LogP contribution in [0.2, 0.25) is 0 Å². The van der Waals surface area contributed by atoms with E-state index in [-0.39, 0.29) is 0 Å². The number of ether oxygens (including phenoxy) is 1. The minimum atomic E-state index is 1.03. The van der Waals surface area contributed by atoms with Crippen molar-refractivity contribution in [3.8, 4) is 5.75 Å². The van der Waals surface area contributed by atoms with E-state index >= 15 is 0 Å². The summed E-state index contributed by atoms with van der Waals surface area (Å²) in [7, 11) is 0. The lowest BCUT2D eigenvalue weighted by atomic mass is 9.97. The summed E-state index contributed by atoms with van der Waals surface area (Å²) in [6, 6.07) is 8.32. The summed E-state index contributed by atoms with van der Waals surface area (Å²) < 4.78 is 5.96. The molecule has 72 valence electrons. The van der Waals surface area contributed by atoms with Gasteiger partial charge in [0.1, 0.15) is 11.5 Å². The molecular weight excluding hydrogens is 184 g/mol. The molecule has 0 saturated carbocycles. The summed E-state index contributed by atoms with van der Waals surface area (Å²) >= 11 is 0. The third-order valence-electron chi connectivity index (χ3n) is 3.37. The molecular formula is C14H10O. The van der Waals surface area contributed by atoms with E-state index in [9.17, 15) is 0 Å². The maximum atomic E-state index is 5.96. The molecule has 2 bridgehead atoms. The van der Waals surface area contributed by atoms with Gasteiger partial charge in [0, 0.05) is 18.4 Å². The van der Waals surface area contributed by atoms with E-state index in [0.717, 1.165) is 24.4 Å². The second kappa shape index (κ2) is 2.43. The predicted molar refractivity (Wildman–Crippen MR) is 58.6 cm³/mol. The molecule has 0 fully saturated rings. The number of fused-ring (bicyclic) bond motifs is 5. The Morgan fingerprint density at radius 2 is 1.80 bits per heavy atom. The fourth-order valence-electron chi connectivity index (χ4n) is 2.60. The Morgan fingerprint density at radius 3 is 2.80 bits per heavy atom. The standard InChI is InChI=1S/C14H10O/c1-2-4-13-10(3-1)8-12-9-5-6-11(7-9)14(12)15-13/h1-6H,7-8H2. The lowest BCUT2D eigenvalue weighted by molar-refractivity contribution is 0.418. The maximum absolute atomic E-state index is 5.96. The summed E-state index contributed by atoms with van der Waals surface area (Å²) in [4.78, 5) is 0. The van der Waals surface area contributed by atoms with Gasteiger partial charge >= 0.3 is 0 Å². The average molecular weight is 194 g/mol. The van der Waals surface area contributed by atoms with Gasteiger partial charge in [0.25, 0.3) is 0 Å². The number of para-hydroxylation sites is 1. The monoisotopic (exact) mass is 194 g/mol. The van der Waals surface area contributed by atoms with Gasteiger partial charge in [-0.05, 0) is 22.8 Å². The first-order chi connectivity index (χ1) is 7.42. The average Bonchev–Trinajstić information content (AvgIpc) is 2.87. The number of rotatable bonds is 0. The van der Waals surface area contributed by atoms with Crippen molar-refractivity contribution in [1.29, 1.82) is 0 Å². The summed E-state index contributed by atoms with van der Waals surface area (Å²) in [5, 5.41) is 0. The maximum Gasteiger partial charge on any atom is 0.134 e. The molecule has 3 aliphatic rings. The molecule has 4 rings (SSSR count). The zero-order valence-corrected chi connectivity index (χ0v) is 8.29. The first kappa shape index (κ1) is 7.52. The van der Waals surface area contributed by atoms with Crippen molar-refractivity contribution in [2.24, 2.45) is 0 Å². The summed E-state index contributed by atoms with van der Waals surface area (Å²) in [5.41, 5.74) is 5.53. The van der Waals surface area contributed by atoms with Crippen LogP contribution in [0.15, 0.2) is 58.9 Å². The first-order valence-electron chi connectivity index (χ1n) is 5.31. The van der Waals surface area contributed by atoms with Gasteiger partial charge in [-0.15, -0.1) is 0 Å². The molecule has 0 radical (unpaired) electrons. The minimum absolute atomic E-state index is 1.03. The van der Waals surface area contributed by atoms with Crippen LogP contribution in [0.1, 0.15) is 12.0 Å². The highest BCUT2D eigenvalue weighted by Crippen LogP contribution is 2.46. The fraction of sp³-hybridized carbons (Fsp3) is 0.143. The van der Waals surface area contributed by atoms with E-state index in [2.05, 4.69) is 30.4 Å². The third kappa shape index (κ3) is 0.878. The zero-order chi connectivity index (χ0) is 9.83. The van der Waals surface area contributed by atoms with Crippen molar-refractivity contribution >= 4 is 0 Å². The lowest BCUT2D eigenvalue weighted by Gasteiger charge is -2.20. The smallest absolute Gasteiger partial charge is 0.134 e. The zero-order valence-electron chi connectivity index (χ0n) is 8.29. The molecule has 0 unspecified atom stereocenters. The van der Waals surface area contributed by atoms with Crippen molar-refractivity contribution in [2.45, 2.75) is 12.8 Å². The molecule has 0 N–H and O–H groups in total. The van der Waals surface area contributed by atoms with E-state index in [4.69, 9.17) is 4.74 Å². The molecule has 0 aromatic heterocycles. The largest absolute Gasteiger partial charge is 0.456 e. The van der Waals surface area contributed by atoms with Crippen LogP contribution in [0, 0.1) is 0 Å². The van der Waals surface area contributed by atoms with Gasteiger partial charge in [-0.1, -0.05) is 30.4 Å². The van der Waals surface area contributed by atoms with Crippen molar-refractivity contribution < 1.29 is 4.74 Å². The van der Waals surface area contributed by atoms with Crippen molar-refractivity contribution in [2.75, 3.05) is 0 Å². The van der Waals surface area contributed by atoms with E-state index in [0.29, 0.717) is 0 Å². The SMILES string of the molecule is C1=C2CC(=C1)C1=C2Cc2ccccc2O1. The Bertz CT molecular complexity index is 509. The van der Waals surface area contributed by atoms with E-state index in [1.165, 1.54) is 22.3 Å². The molecule has 1 aromatic rings. The fourth-order valence-corrected chi connectivity index (χ4v) is 2.60. The van der Waals surface area contributed by atoms with Gasteiger partial charge in [0.05, 0.1) is 0 Å². The molecule has 0 spiro atoms. The van der Waals surface area contributed by atoms with E-state index < -0.39 is 0 Å². The molecule has 2 aliphatic carbocycles. The predicted octanol–water partition coefficient (Wildman–Crippen LogP) is 3.15. The highest BCUT2D eigenvalue weighted by molar-refractivity contribution is 5.63. The molecule has 1 aromatic carbocycles. The summed E-state index contributed by atoms with van der Waals surface area (Å²) in [5.74, 6) is 2.16. The number of hydrogen-bond donors (Lipinski definition) is 0. The molecule has 1 heterocycles. The lowest BCUT2D eigenvalue weighted by Crippen LogP contribution is -2.08. The normalized spacial score (nSPS) is 20.5. The molecule has 1 heteroatoms. The van der Waals surface area contributed by atoms with Gasteiger partial charge in [-0.2, -0.15) is 0 Å². The van der Waals surface area contributed by atoms with Gasteiger partial charge in [0.15, 0.2) is 0 Å². The Hall–Kier alpha value is -1.76. The highest BCUT2D eigenvalue weighted by Gasteiger charge is 2.32. The molecule has 1 nitrogen and oxygen atoms in total. The highest BCUT2D eigenvalue weighted by atomic mass is 16.5. The Labute approximate surface area is 88.4 Å². The molecule has 1 aliphatic heterocycles. The first-order valence-corrected chi connectivity index (χ1v) is 5.31. The number of allylic oxidation sites excluding steroid dienone is 5. The molecule has 0 saturated heterocycles. The van der Waals surface area contributed by atoms with Gasteiger partial charge in [0.2, 0.25) is 0 Å². The number of hydrogen-bond acceptors (Lipinski definition) is 1. The second-order valence-electron chi connectivity index (χ2n) is 4.25. The number of benzene rings is 1. The topological polar surface area (TPSA) is 9.23 Å². The van der Waals surface area contributed by atoms with Gasteiger partial charge in [-0.3, -0.25) is 0 Å². The molecule has 15 heavy (non-hydrogen) atoms. The quantitative estimate of drug-likeness (QED) is 0.616. The summed E-state index contributed by atoms with van der Waals surface area (Å²) in [6.07, 6.45) is 6.53. The van der Waals surface area contributed by atoms with Crippen LogP contribution < -0.4 is 4.74 Å².